The first-order chi connectivity index (χ1) is 11.5. The number of rotatable bonds is 6. The molecule has 0 bridgehead atoms. The van der Waals surface area contributed by atoms with Crippen LogP contribution in [0.5, 0.6) is 11.5 Å². The molecule has 0 aliphatic heterocycles. The third-order valence-corrected chi connectivity index (χ3v) is 3.61. The molecule has 8 heteroatoms. The van der Waals surface area contributed by atoms with Crippen LogP contribution in [0.15, 0.2) is 21.1 Å². The molecule has 1 aromatic carbocycles. The van der Waals surface area contributed by atoms with Crippen molar-refractivity contribution >= 4 is 33.8 Å². The van der Waals surface area contributed by atoms with Crippen molar-refractivity contribution in [1.29, 1.82) is 0 Å². The Bertz CT molecular complexity index is 836. The second kappa shape index (κ2) is 7.66. The Hall–Kier alpha value is -2.79. The highest BCUT2D eigenvalue weighted by molar-refractivity contribution is 9.10. The summed E-state index contributed by atoms with van der Waals surface area (Å²) in [5, 5.41) is 14.6. The van der Waals surface area contributed by atoms with Crippen molar-refractivity contribution < 1.29 is 18.9 Å². The molecule has 0 spiro atoms. The van der Waals surface area contributed by atoms with Crippen LogP contribution in [0.1, 0.15) is 17.0 Å². The maximum absolute atomic E-state index is 11.0. The molecule has 0 fully saturated rings. The summed E-state index contributed by atoms with van der Waals surface area (Å²) in [6, 6.07) is 3.47. The zero-order valence-electron chi connectivity index (χ0n) is 12.9. The molecule has 1 heterocycles. The monoisotopic (exact) mass is 392 g/mol. The minimum absolute atomic E-state index is 0.0697. The van der Waals surface area contributed by atoms with Crippen LogP contribution in [0.2, 0.25) is 0 Å². The maximum Gasteiger partial charge on any atom is 0.338 e. The van der Waals surface area contributed by atoms with Gasteiger partial charge in [-0.3, -0.25) is 10.1 Å². The summed E-state index contributed by atoms with van der Waals surface area (Å²) < 4.78 is 16.3. The lowest BCUT2D eigenvalue weighted by Gasteiger charge is -2.11. The Kier molecular flexibility index (Phi) is 5.60. The molecule has 0 amide bonds. The van der Waals surface area contributed by atoms with E-state index in [9.17, 15) is 10.1 Å². The summed E-state index contributed by atoms with van der Waals surface area (Å²) in [6.45, 7) is 1.61. The predicted molar refractivity (Wildman–Crippen MR) is 91.8 cm³/mol. The van der Waals surface area contributed by atoms with Crippen molar-refractivity contribution in [1.82, 2.24) is 5.16 Å². The summed E-state index contributed by atoms with van der Waals surface area (Å²) in [6.07, 6.45) is 8.30. The van der Waals surface area contributed by atoms with Gasteiger partial charge in [-0.15, -0.1) is 6.42 Å². The van der Waals surface area contributed by atoms with Gasteiger partial charge in [0.15, 0.2) is 17.2 Å². The average Bonchev–Trinajstić information content (AvgIpc) is 2.92. The fourth-order valence-corrected chi connectivity index (χ4v) is 2.55. The number of nitro groups is 1. The van der Waals surface area contributed by atoms with Crippen LogP contribution in [-0.2, 0) is 0 Å². The molecule has 0 atom stereocenters. The number of benzene rings is 1. The lowest BCUT2D eigenvalue weighted by Crippen LogP contribution is -1.98. The van der Waals surface area contributed by atoms with Crippen LogP contribution >= 0.6 is 15.9 Å². The third-order valence-electron chi connectivity index (χ3n) is 3.02. The molecule has 124 valence electrons. The third kappa shape index (κ3) is 3.75. The molecule has 24 heavy (non-hydrogen) atoms. The topological polar surface area (TPSA) is 87.6 Å². The predicted octanol–water partition coefficient (Wildman–Crippen LogP) is 3.84. The number of nitrogens with zero attached hydrogens (tertiary/aromatic N) is 2. The van der Waals surface area contributed by atoms with E-state index in [2.05, 4.69) is 27.0 Å². The minimum atomic E-state index is -0.529. The molecule has 0 unspecified atom stereocenters. The van der Waals surface area contributed by atoms with Gasteiger partial charge in [0, 0.05) is 0 Å². The first-order valence-corrected chi connectivity index (χ1v) is 7.49. The SMILES string of the molecule is C#CCOc1c(Br)cc(C=Cc2onc(C)c2[N+](=O)[O-])cc1OC. The van der Waals surface area contributed by atoms with Crippen molar-refractivity contribution in [3.63, 3.8) is 0 Å². The van der Waals surface area contributed by atoms with E-state index in [0.717, 1.165) is 5.56 Å². The highest BCUT2D eigenvalue weighted by atomic mass is 79.9. The van der Waals surface area contributed by atoms with Crippen LogP contribution in [-0.4, -0.2) is 23.8 Å². The Balaban J connectivity index is 2.35. The smallest absolute Gasteiger partial charge is 0.338 e. The molecule has 0 saturated heterocycles. The van der Waals surface area contributed by atoms with E-state index in [-0.39, 0.29) is 23.7 Å². The number of terminal acetylenes is 1. The van der Waals surface area contributed by atoms with E-state index in [0.29, 0.717) is 16.0 Å². The fourth-order valence-electron chi connectivity index (χ4n) is 1.98. The van der Waals surface area contributed by atoms with Gasteiger partial charge in [-0.05, 0) is 46.6 Å². The van der Waals surface area contributed by atoms with Gasteiger partial charge in [-0.2, -0.15) is 0 Å². The summed E-state index contributed by atoms with van der Waals surface area (Å²) in [5.41, 5.74) is 0.776. The van der Waals surface area contributed by atoms with E-state index in [4.69, 9.17) is 20.4 Å². The molecular weight excluding hydrogens is 380 g/mol. The second-order valence-corrected chi connectivity index (χ2v) is 5.45. The number of methoxy groups -OCH3 is 1. The zero-order chi connectivity index (χ0) is 17.7. The average molecular weight is 393 g/mol. The fraction of sp³-hybridized carbons (Fsp3) is 0.188. The molecule has 7 nitrogen and oxygen atoms in total. The molecule has 1 aromatic heterocycles. The van der Waals surface area contributed by atoms with Gasteiger partial charge in [-0.25, -0.2) is 0 Å². The van der Waals surface area contributed by atoms with E-state index in [1.54, 1.807) is 18.2 Å². The normalized spacial score (nSPS) is 10.6. The zero-order valence-corrected chi connectivity index (χ0v) is 14.5. The molecular formula is C16H13BrN2O5. The van der Waals surface area contributed by atoms with Gasteiger partial charge in [0.2, 0.25) is 5.76 Å². The van der Waals surface area contributed by atoms with Gasteiger partial charge in [0.25, 0.3) is 0 Å². The number of ether oxygens (including phenoxy) is 2. The second-order valence-electron chi connectivity index (χ2n) is 4.60. The first kappa shape index (κ1) is 17.6. The van der Waals surface area contributed by atoms with Crippen LogP contribution in [0.4, 0.5) is 5.69 Å². The lowest BCUT2D eigenvalue weighted by atomic mass is 10.1. The number of halogens is 1. The minimum Gasteiger partial charge on any atom is -0.493 e. The van der Waals surface area contributed by atoms with Crippen molar-refractivity contribution in [2.75, 3.05) is 13.7 Å². The lowest BCUT2D eigenvalue weighted by molar-refractivity contribution is -0.386. The van der Waals surface area contributed by atoms with Crippen molar-refractivity contribution in [3.8, 4) is 23.8 Å². The number of aryl methyl sites for hydroxylation is 1. The molecule has 2 aromatic rings. The van der Waals surface area contributed by atoms with E-state index >= 15 is 0 Å². The number of hydrogen-bond acceptors (Lipinski definition) is 6. The Labute approximate surface area is 146 Å². The van der Waals surface area contributed by atoms with Gasteiger partial charge in [0.05, 0.1) is 16.5 Å². The number of aromatic nitrogens is 1. The highest BCUT2D eigenvalue weighted by Crippen LogP contribution is 2.37. The molecule has 0 radical (unpaired) electrons. The van der Waals surface area contributed by atoms with Gasteiger partial charge < -0.3 is 14.0 Å². The van der Waals surface area contributed by atoms with E-state index < -0.39 is 4.92 Å². The van der Waals surface area contributed by atoms with Crippen molar-refractivity contribution in [3.05, 3.63) is 43.7 Å². The van der Waals surface area contributed by atoms with Gasteiger partial charge in [-0.1, -0.05) is 17.2 Å². The quantitative estimate of drug-likeness (QED) is 0.421. The van der Waals surface area contributed by atoms with Crippen LogP contribution in [0.25, 0.3) is 12.2 Å². The van der Waals surface area contributed by atoms with E-state index in [1.807, 2.05) is 0 Å². The van der Waals surface area contributed by atoms with Crippen LogP contribution in [0.3, 0.4) is 0 Å². The first-order valence-electron chi connectivity index (χ1n) is 6.70. The summed E-state index contributed by atoms with van der Waals surface area (Å²) >= 11 is 3.39. The summed E-state index contributed by atoms with van der Waals surface area (Å²) in [4.78, 5) is 10.5. The van der Waals surface area contributed by atoms with Crippen LogP contribution < -0.4 is 9.47 Å². The van der Waals surface area contributed by atoms with Crippen LogP contribution in [0, 0.1) is 29.4 Å². The Morgan fingerprint density at radius 1 is 1.50 bits per heavy atom. The summed E-state index contributed by atoms with van der Waals surface area (Å²) in [5.74, 6) is 3.40. The molecule has 0 N–H and O–H groups in total. The van der Waals surface area contributed by atoms with Gasteiger partial charge >= 0.3 is 5.69 Å². The number of hydrogen-bond donors (Lipinski definition) is 0. The molecule has 2 rings (SSSR count). The largest absolute Gasteiger partial charge is 0.493 e. The summed E-state index contributed by atoms with van der Waals surface area (Å²) in [7, 11) is 1.50. The molecule has 0 saturated carbocycles. The van der Waals surface area contributed by atoms with E-state index in [1.165, 1.54) is 20.1 Å². The highest BCUT2D eigenvalue weighted by Gasteiger charge is 2.22. The Morgan fingerprint density at radius 2 is 2.25 bits per heavy atom. The van der Waals surface area contributed by atoms with Gasteiger partial charge in [0.1, 0.15) is 6.61 Å². The Morgan fingerprint density at radius 3 is 2.88 bits per heavy atom. The van der Waals surface area contributed by atoms with Crippen molar-refractivity contribution in [2.45, 2.75) is 6.92 Å². The standard InChI is InChI=1S/C16H13BrN2O5/c1-4-7-23-16-12(17)8-11(9-14(16)22-3)5-6-13-15(19(20)21)10(2)18-24-13/h1,5-6,8-9H,7H2,2-3H3. The maximum atomic E-state index is 11.0. The molecule has 0 aliphatic rings. The molecule has 0 aliphatic carbocycles. The van der Waals surface area contributed by atoms with Crippen molar-refractivity contribution in [2.24, 2.45) is 0 Å².